The molecule has 2 aromatic rings. The monoisotopic (exact) mass is 474 g/mol. The number of amides is 3. The number of alkyl halides is 3. The third kappa shape index (κ3) is 5.16. The van der Waals surface area contributed by atoms with Crippen molar-refractivity contribution in [3.05, 3.63) is 68.5 Å². The largest absolute Gasteiger partial charge is 0.416 e. The van der Waals surface area contributed by atoms with E-state index in [1.807, 2.05) is 0 Å². The van der Waals surface area contributed by atoms with Crippen LogP contribution < -0.4 is 5.32 Å². The van der Waals surface area contributed by atoms with Crippen LogP contribution in [0.5, 0.6) is 0 Å². The molecule has 0 aliphatic carbocycles. The number of nitrogens with zero attached hydrogens (tertiary/aromatic N) is 1. The first-order valence-corrected chi connectivity index (χ1v) is 9.79. The molecule has 1 aliphatic heterocycles. The summed E-state index contributed by atoms with van der Waals surface area (Å²) in [7, 11) is 0. The summed E-state index contributed by atoms with van der Waals surface area (Å²) in [5.41, 5.74) is -0.507. The summed E-state index contributed by atoms with van der Waals surface area (Å²) in [5, 5.41) is 2.17. The molecule has 3 amide bonds. The third-order valence-corrected chi connectivity index (χ3v) is 5.54. The summed E-state index contributed by atoms with van der Waals surface area (Å²) in [4.78, 5) is 37.6. The highest BCUT2D eigenvalue weighted by molar-refractivity contribution is 8.18. The number of carbonyl (C=O) groups is 3. The molecule has 3 rings (SSSR count). The van der Waals surface area contributed by atoms with E-state index < -0.39 is 35.3 Å². The van der Waals surface area contributed by atoms with Gasteiger partial charge in [0, 0.05) is 5.69 Å². The number of hydrogen-bond acceptors (Lipinski definition) is 4. The van der Waals surface area contributed by atoms with E-state index in [1.54, 1.807) is 6.07 Å². The molecule has 5 nitrogen and oxygen atoms in total. The van der Waals surface area contributed by atoms with Gasteiger partial charge in [0.25, 0.3) is 11.1 Å². The maximum Gasteiger partial charge on any atom is 0.416 e. The second-order valence-electron chi connectivity index (χ2n) is 6.07. The Bertz CT molecular complexity index is 1070. The van der Waals surface area contributed by atoms with Gasteiger partial charge in [-0.2, -0.15) is 13.2 Å². The Morgan fingerprint density at radius 2 is 1.83 bits per heavy atom. The quantitative estimate of drug-likeness (QED) is 0.578. The number of imide groups is 1. The van der Waals surface area contributed by atoms with Crippen molar-refractivity contribution < 1.29 is 27.6 Å². The molecule has 1 fully saturated rings. The smallest absolute Gasteiger partial charge is 0.325 e. The molecule has 1 aliphatic rings. The van der Waals surface area contributed by atoms with Gasteiger partial charge in [0.05, 0.1) is 20.5 Å². The molecule has 0 spiro atoms. The van der Waals surface area contributed by atoms with E-state index in [9.17, 15) is 27.6 Å². The SMILES string of the molecule is O=C(CN1C(=O)S/C(=C\c2ccc(Cl)c(Cl)c2)C1=O)Nc1cccc(C(F)(F)F)c1. The van der Waals surface area contributed by atoms with Gasteiger partial charge in [0.15, 0.2) is 0 Å². The van der Waals surface area contributed by atoms with Crippen molar-refractivity contribution in [2.24, 2.45) is 0 Å². The number of halogens is 5. The third-order valence-electron chi connectivity index (χ3n) is 3.89. The van der Waals surface area contributed by atoms with Crippen LogP contribution in [0, 0.1) is 0 Å². The van der Waals surface area contributed by atoms with E-state index >= 15 is 0 Å². The van der Waals surface area contributed by atoms with Crippen LogP contribution in [-0.4, -0.2) is 28.5 Å². The van der Waals surface area contributed by atoms with Gasteiger partial charge in [0.2, 0.25) is 5.91 Å². The lowest BCUT2D eigenvalue weighted by molar-refractivity contribution is -0.137. The Morgan fingerprint density at radius 3 is 2.50 bits per heavy atom. The normalized spacial score (nSPS) is 15.8. The van der Waals surface area contributed by atoms with Crippen LogP contribution in [0.25, 0.3) is 6.08 Å². The van der Waals surface area contributed by atoms with Crippen LogP contribution in [-0.2, 0) is 15.8 Å². The lowest BCUT2D eigenvalue weighted by atomic mass is 10.2. The Labute approximate surface area is 182 Å². The van der Waals surface area contributed by atoms with Crippen LogP contribution in [0.3, 0.4) is 0 Å². The molecule has 1 N–H and O–H groups in total. The van der Waals surface area contributed by atoms with Crippen molar-refractivity contribution in [2.45, 2.75) is 6.18 Å². The first-order valence-electron chi connectivity index (χ1n) is 8.22. The average molecular weight is 475 g/mol. The van der Waals surface area contributed by atoms with Gasteiger partial charge in [-0.1, -0.05) is 35.3 Å². The predicted octanol–water partition coefficient (Wildman–Crippen LogP) is 5.69. The maximum atomic E-state index is 12.8. The lowest BCUT2D eigenvalue weighted by Crippen LogP contribution is -2.36. The Hall–Kier alpha value is -2.49. The molecular weight excluding hydrogens is 464 g/mol. The minimum atomic E-state index is -4.57. The second-order valence-corrected chi connectivity index (χ2v) is 7.88. The summed E-state index contributed by atoms with van der Waals surface area (Å²) in [6.45, 7) is -0.639. The van der Waals surface area contributed by atoms with E-state index in [0.29, 0.717) is 27.2 Å². The van der Waals surface area contributed by atoms with Gasteiger partial charge in [-0.05, 0) is 53.7 Å². The molecule has 0 radical (unpaired) electrons. The summed E-state index contributed by atoms with van der Waals surface area (Å²) in [5.74, 6) is -1.51. The highest BCUT2D eigenvalue weighted by Gasteiger charge is 2.36. The highest BCUT2D eigenvalue weighted by atomic mass is 35.5. The van der Waals surface area contributed by atoms with Crippen molar-refractivity contribution in [3.63, 3.8) is 0 Å². The molecule has 156 valence electrons. The molecule has 1 heterocycles. The summed E-state index contributed by atoms with van der Waals surface area (Å²) < 4.78 is 38.3. The number of anilines is 1. The molecule has 0 aromatic heterocycles. The Kier molecular flexibility index (Phi) is 6.44. The molecule has 0 bridgehead atoms. The fourth-order valence-corrected chi connectivity index (χ4v) is 3.65. The van der Waals surface area contributed by atoms with E-state index in [1.165, 1.54) is 24.3 Å². The molecule has 0 unspecified atom stereocenters. The lowest BCUT2D eigenvalue weighted by Gasteiger charge is -2.13. The minimum Gasteiger partial charge on any atom is -0.325 e. The number of benzene rings is 2. The van der Waals surface area contributed by atoms with Crippen molar-refractivity contribution >= 4 is 63.8 Å². The van der Waals surface area contributed by atoms with Crippen LogP contribution in [0.2, 0.25) is 10.0 Å². The molecule has 0 atom stereocenters. The number of nitrogens with one attached hydrogen (secondary N) is 1. The molecular formula is C19H11Cl2F3N2O3S. The van der Waals surface area contributed by atoms with Gasteiger partial charge in [-0.25, -0.2) is 0 Å². The topological polar surface area (TPSA) is 66.5 Å². The zero-order valence-corrected chi connectivity index (χ0v) is 17.1. The zero-order valence-electron chi connectivity index (χ0n) is 14.8. The van der Waals surface area contributed by atoms with Gasteiger partial charge >= 0.3 is 6.18 Å². The van der Waals surface area contributed by atoms with Gasteiger partial charge in [0.1, 0.15) is 6.54 Å². The van der Waals surface area contributed by atoms with Crippen LogP contribution in [0.15, 0.2) is 47.4 Å². The summed E-state index contributed by atoms with van der Waals surface area (Å²) >= 11 is 12.4. The fraction of sp³-hybridized carbons (Fsp3) is 0.105. The second kappa shape index (κ2) is 8.71. The first-order chi connectivity index (χ1) is 14.0. The molecule has 30 heavy (non-hydrogen) atoms. The predicted molar refractivity (Wildman–Crippen MR) is 109 cm³/mol. The van der Waals surface area contributed by atoms with E-state index in [-0.39, 0.29) is 15.6 Å². The summed E-state index contributed by atoms with van der Waals surface area (Å²) in [6, 6.07) is 8.67. The number of rotatable bonds is 4. The molecule has 2 aromatic carbocycles. The minimum absolute atomic E-state index is 0.0743. The Morgan fingerprint density at radius 1 is 1.10 bits per heavy atom. The van der Waals surface area contributed by atoms with Crippen molar-refractivity contribution in [3.8, 4) is 0 Å². The van der Waals surface area contributed by atoms with Crippen LogP contribution in [0.1, 0.15) is 11.1 Å². The van der Waals surface area contributed by atoms with E-state index in [4.69, 9.17) is 23.2 Å². The number of thioether (sulfide) groups is 1. The van der Waals surface area contributed by atoms with E-state index in [0.717, 1.165) is 18.2 Å². The first kappa shape index (κ1) is 22.2. The highest BCUT2D eigenvalue weighted by Crippen LogP contribution is 2.34. The molecule has 1 saturated heterocycles. The van der Waals surface area contributed by atoms with Gasteiger partial charge < -0.3 is 5.32 Å². The van der Waals surface area contributed by atoms with Crippen LogP contribution >= 0.6 is 35.0 Å². The van der Waals surface area contributed by atoms with Gasteiger partial charge in [-0.15, -0.1) is 0 Å². The van der Waals surface area contributed by atoms with Crippen molar-refractivity contribution in [2.75, 3.05) is 11.9 Å². The van der Waals surface area contributed by atoms with E-state index in [2.05, 4.69) is 5.32 Å². The van der Waals surface area contributed by atoms with Crippen molar-refractivity contribution in [1.29, 1.82) is 0 Å². The average Bonchev–Trinajstić information content (AvgIpc) is 2.91. The number of hydrogen-bond donors (Lipinski definition) is 1. The zero-order chi connectivity index (χ0) is 22.1. The maximum absolute atomic E-state index is 12.8. The molecule has 0 saturated carbocycles. The van der Waals surface area contributed by atoms with Gasteiger partial charge in [-0.3, -0.25) is 19.3 Å². The molecule has 11 heteroatoms. The van der Waals surface area contributed by atoms with Crippen molar-refractivity contribution in [1.82, 2.24) is 4.90 Å². The summed E-state index contributed by atoms with van der Waals surface area (Å²) in [6.07, 6.45) is -3.14. The standard InChI is InChI=1S/C19H11Cl2F3N2O3S/c20-13-5-4-10(6-14(13)21)7-15-17(28)26(18(29)30-15)9-16(27)25-12-3-1-2-11(8-12)19(22,23)24/h1-8H,9H2,(H,25,27)/b15-7-. The fourth-order valence-electron chi connectivity index (χ4n) is 2.51. The Balaban J connectivity index is 1.70. The van der Waals surface area contributed by atoms with Crippen LogP contribution in [0.4, 0.5) is 23.7 Å². The number of carbonyl (C=O) groups excluding carboxylic acids is 3.